The number of fused-ring (bicyclic) bond motifs is 1. The molecule has 0 aliphatic rings. The molecular formula is C17H15F3N6O3. The molecule has 9 nitrogen and oxygen atoms in total. The van der Waals surface area contributed by atoms with Crippen molar-refractivity contribution in [2.45, 2.75) is 12.7 Å². The van der Waals surface area contributed by atoms with E-state index in [1.165, 1.54) is 47.9 Å². The first-order valence-electron chi connectivity index (χ1n) is 8.19. The summed E-state index contributed by atoms with van der Waals surface area (Å²) in [4.78, 5) is 40.3. The minimum atomic E-state index is -4.43. The van der Waals surface area contributed by atoms with Gasteiger partial charge in [0.05, 0.1) is 18.1 Å². The average Bonchev–Trinajstić information content (AvgIpc) is 3.08. The van der Waals surface area contributed by atoms with Gasteiger partial charge in [0, 0.05) is 14.1 Å². The van der Waals surface area contributed by atoms with E-state index in [2.05, 4.69) is 15.5 Å². The van der Waals surface area contributed by atoms with Crippen LogP contribution >= 0.6 is 0 Å². The second-order valence-corrected chi connectivity index (χ2v) is 6.16. The Balaban J connectivity index is 1.73. The van der Waals surface area contributed by atoms with Crippen LogP contribution in [-0.4, -0.2) is 30.8 Å². The van der Waals surface area contributed by atoms with E-state index in [9.17, 15) is 27.6 Å². The van der Waals surface area contributed by atoms with Crippen LogP contribution in [0.3, 0.4) is 0 Å². The fraction of sp³-hybridized carbons (Fsp3) is 0.235. The Bertz CT molecular complexity index is 1220. The number of rotatable bonds is 4. The first-order chi connectivity index (χ1) is 13.6. The number of carbonyl (C=O) groups is 1. The van der Waals surface area contributed by atoms with Gasteiger partial charge >= 0.3 is 11.9 Å². The molecule has 0 unspecified atom stereocenters. The van der Waals surface area contributed by atoms with Crippen molar-refractivity contribution in [2.75, 3.05) is 0 Å². The number of benzene rings is 1. The maximum atomic E-state index is 12.5. The highest BCUT2D eigenvalue weighted by atomic mass is 19.4. The minimum Gasteiger partial charge on any atom is -0.315 e. The number of nitrogens with one attached hydrogen (secondary N) is 1. The van der Waals surface area contributed by atoms with Crippen molar-refractivity contribution >= 4 is 23.3 Å². The SMILES string of the molecule is Cn1c(=O)c2c(ncn2CC(=O)N/N=C\c2ccc(C(F)(F)F)cc2)n(C)c1=O. The van der Waals surface area contributed by atoms with Crippen LogP contribution in [0.15, 0.2) is 45.3 Å². The lowest BCUT2D eigenvalue weighted by atomic mass is 10.1. The van der Waals surface area contributed by atoms with Crippen molar-refractivity contribution in [1.29, 1.82) is 0 Å². The molecule has 29 heavy (non-hydrogen) atoms. The Morgan fingerprint density at radius 3 is 2.45 bits per heavy atom. The minimum absolute atomic E-state index is 0.0801. The molecule has 3 aromatic rings. The zero-order chi connectivity index (χ0) is 21.3. The van der Waals surface area contributed by atoms with Crippen molar-refractivity contribution in [3.8, 4) is 0 Å². The smallest absolute Gasteiger partial charge is 0.315 e. The second-order valence-electron chi connectivity index (χ2n) is 6.16. The third-order valence-electron chi connectivity index (χ3n) is 4.17. The summed E-state index contributed by atoms with van der Waals surface area (Å²) in [7, 11) is 2.77. The fourth-order valence-electron chi connectivity index (χ4n) is 2.64. The molecule has 152 valence electrons. The molecule has 0 aliphatic carbocycles. The Labute approximate surface area is 160 Å². The highest BCUT2D eigenvalue weighted by Gasteiger charge is 2.29. The summed E-state index contributed by atoms with van der Waals surface area (Å²) in [5.41, 5.74) is 0.867. The maximum Gasteiger partial charge on any atom is 0.416 e. The van der Waals surface area contributed by atoms with E-state index in [1.54, 1.807) is 0 Å². The van der Waals surface area contributed by atoms with Crippen LogP contribution in [0.2, 0.25) is 0 Å². The van der Waals surface area contributed by atoms with Gasteiger partial charge in [0.2, 0.25) is 0 Å². The van der Waals surface area contributed by atoms with E-state index in [4.69, 9.17) is 0 Å². The van der Waals surface area contributed by atoms with Gasteiger partial charge in [-0.25, -0.2) is 15.2 Å². The molecule has 0 aliphatic heterocycles. The molecule has 3 rings (SSSR count). The Morgan fingerprint density at radius 1 is 1.17 bits per heavy atom. The van der Waals surface area contributed by atoms with Crippen LogP contribution in [0.5, 0.6) is 0 Å². The average molecular weight is 408 g/mol. The number of aryl methyl sites for hydroxylation is 1. The van der Waals surface area contributed by atoms with Crippen LogP contribution in [0, 0.1) is 0 Å². The van der Waals surface area contributed by atoms with Crippen LogP contribution in [0.1, 0.15) is 11.1 Å². The van der Waals surface area contributed by atoms with Gasteiger partial charge in [0.25, 0.3) is 11.5 Å². The molecule has 0 spiro atoms. The van der Waals surface area contributed by atoms with Gasteiger partial charge in [-0.1, -0.05) is 12.1 Å². The van der Waals surface area contributed by atoms with Crippen molar-refractivity contribution < 1.29 is 18.0 Å². The molecule has 0 atom stereocenters. The Kier molecular flexibility index (Phi) is 5.10. The summed E-state index contributed by atoms with van der Waals surface area (Å²) in [5.74, 6) is -0.594. The van der Waals surface area contributed by atoms with Crippen molar-refractivity contribution in [3.63, 3.8) is 0 Å². The summed E-state index contributed by atoms with van der Waals surface area (Å²) in [6, 6.07) is 4.24. The van der Waals surface area contributed by atoms with Gasteiger partial charge in [-0.05, 0) is 17.7 Å². The Morgan fingerprint density at radius 2 is 1.83 bits per heavy atom. The van der Waals surface area contributed by atoms with E-state index in [0.717, 1.165) is 16.7 Å². The predicted octanol–water partition coefficient (Wildman–Crippen LogP) is 0.603. The number of imidazole rings is 1. The van der Waals surface area contributed by atoms with Crippen LogP contribution < -0.4 is 16.7 Å². The molecule has 1 N–H and O–H groups in total. The van der Waals surface area contributed by atoms with Crippen LogP contribution in [0.4, 0.5) is 13.2 Å². The summed E-state index contributed by atoms with van der Waals surface area (Å²) < 4.78 is 41.0. The molecule has 0 bridgehead atoms. The number of carbonyl (C=O) groups excluding carboxylic acids is 1. The molecule has 0 radical (unpaired) electrons. The van der Waals surface area contributed by atoms with Gasteiger partial charge in [0.1, 0.15) is 6.54 Å². The van der Waals surface area contributed by atoms with E-state index in [0.29, 0.717) is 5.56 Å². The molecule has 0 saturated heterocycles. The summed E-state index contributed by atoms with van der Waals surface area (Å²) >= 11 is 0. The monoisotopic (exact) mass is 408 g/mol. The van der Waals surface area contributed by atoms with Gasteiger partial charge in [0.15, 0.2) is 11.2 Å². The quantitative estimate of drug-likeness (QED) is 0.504. The van der Waals surface area contributed by atoms with Crippen molar-refractivity contribution in [2.24, 2.45) is 19.2 Å². The molecule has 1 amide bonds. The number of amides is 1. The predicted molar refractivity (Wildman–Crippen MR) is 97.4 cm³/mol. The molecule has 1 aromatic carbocycles. The first-order valence-corrected chi connectivity index (χ1v) is 8.19. The lowest BCUT2D eigenvalue weighted by Gasteiger charge is -2.06. The molecule has 2 heterocycles. The van der Waals surface area contributed by atoms with E-state index < -0.39 is 28.9 Å². The number of hydrogen-bond donors (Lipinski definition) is 1. The highest BCUT2D eigenvalue weighted by molar-refractivity contribution is 5.83. The number of hydrazone groups is 1. The summed E-state index contributed by atoms with van der Waals surface area (Å²) in [6.07, 6.45) is -1.99. The number of alkyl halides is 3. The fourth-order valence-corrected chi connectivity index (χ4v) is 2.64. The Hall–Kier alpha value is -3.70. The van der Waals surface area contributed by atoms with Crippen LogP contribution in [-0.2, 0) is 31.6 Å². The van der Waals surface area contributed by atoms with Gasteiger partial charge in [-0.15, -0.1) is 0 Å². The van der Waals surface area contributed by atoms with Crippen molar-refractivity contribution in [3.05, 3.63) is 62.6 Å². The number of hydrogen-bond acceptors (Lipinski definition) is 5. The number of aromatic nitrogens is 4. The number of nitrogens with zero attached hydrogens (tertiary/aromatic N) is 5. The summed E-state index contributed by atoms with van der Waals surface area (Å²) in [5, 5.41) is 3.69. The van der Waals surface area contributed by atoms with Gasteiger partial charge in [-0.2, -0.15) is 18.3 Å². The third kappa shape index (κ3) is 3.95. The normalized spacial score (nSPS) is 12.0. The first kappa shape index (κ1) is 20.0. The molecule has 2 aromatic heterocycles. The lowest BCUT2D eigenvalue weighted by Crippen LogP contribution is -2.38. The lowest BCUT2D eigenvalue weighted by molar-refractivity contribution is -0.137. The van der Waals surface area contributed by atoms with Crippen LogP contribution in [0.25, 0.3) is 11.2 Å². The zero-order valence-corrected chi connectivity index (χ0v) is 15.3. The van der Waals surface area contributed by atoms with Crippen molar-refractivity contribution in [1.82, 2.24) is 24.1 Å². The molecule has 0 saturated carbocycles. The van der Waals surface area contributed by atoms with E-state index in [1.807, 2.05) is 0 Å². The topological polar surface area (TPSA) is 103 Å². The van der Waals surface area contributed by atoms with Gasteiger partial charge in [-0.3, -0.25) is 18.7 Å². The largest absolute Gasteiger partial charge is 0.416 e. The van der Waals surface area contributed by atoms with E-state index >= 15 is 0 Å². The second kappa shape index (κ2) is 7.37. The highest BCUT2D eigenvalue weighted by Crippen LogP contribution is 2.28. The van der Waals surface area contributed by atoms with Gasteiger partial charge < -0.3 is 4.57 Å². The van der Waals surface area contributed by atoms with E-state index in [-0.39, 0.29) is 17.7 Å². The molecule has 0 fully saturated rings. The molecule has 12 heteroatoms. The maximum absolute atomic E-state index is 12.5. The molecular weight excluding hydrogens is 393 g/mol. The number of halogens is 3. The zero-order valence-electron chi connectivity index (χ0n) is 15.3. The standard InChI is InChI=1S/C17H15F3N6O3/c1-24-14-13(15(28)25(2)16(24)29)26(9-21-14)8-12(27)23-22-7-10-3-5-11(6-4-10)17(18,19)20/h3-7,9H,8H2,1-2H3,(H,23,27)/b22-7-. The summed E-state index contributed by atoms with van der Waals surface area (Å²) in [6.45, 7) is -0.297. The third-order valence-corrected chi connectivity index (χ3v) is 4.17.